The Balaban J connectivity index is 2.07. The van der Waals surface area contributed by atoms with Gasteiger partial charge in [0.2, 0.25) is 5.96 Å². The van der Waals surface area contributed by atoms with Crippen molar-refractivity contribution in [2.24, 2.45) is 4.99 Å². The monoisotopic (exact) mass is 251 g/mol. The molecule has 0 saturated heterocycles. The minimum Gasteiger partial charge on any atom is -0.495 e. The zero-order valence-electron chi connectivity index (χ0n) is 9.16. The van der Waals surface area contributed by atoms with Crippen LogP contribution in [0.5, 0.6) is 5.75 Å². The van der Waals surface area contributed by atoms with Gasteiger partial charge < -0.3 is 15.0 Å². The van der Waals surface area contributed by atoms with Crippen LogP contribution in [-0.4, -0.2) is 30.4 Å². The van der Waals surface area contributed by atoms with Crippen molar-refractivity contribution in [1.29, 1.82) is 0 Å². The SMILES string of the molecule is COc1c(Cl)ccc2c1CN1CC(=O)N=C1N2. The van der Waals surface area contributed by atoms with Crippen molar-refractivity contribution >= 4 is 29.2 Å². The fourth-order valence-electron chi connectivity index (χ4n) is 2.11. The van der Waals surface area contributed by atoms with Gasteiger partial charge in [0.25, 0.3) is 5.91 Å². The predicted octanol–water partition coefficient (Wildman–Crippen LogP) is 1.47. The van der Waals surface area contributed by atoms with Crippen molar-refractivity contribution < 1.29 is 9.53 Å². The van der Waals surface area contributed by atoms with Gasteiger partial charge in [-0.2, -0.15) is 4.99 Å². The topological polar surface area (TPSA) is 53.9 Å². The van der Waals surface area contributed by atoms with Crippen LogP contribution in [0.4, 0.5) is 5.69 Å². The summed E-state index contributed by atoms with van der Waals surface area (Å²) in [6, 6.07) is 3.63. The highest BCUT2D eigenvalue weighted by molar-refractivity contribution is 6.32. The normalized spacial score (nSPS) is 17.2. The molecule has 6 heteroatoms. The van der Waals surface area contributed by atoms with Crippen LogP contribution in [0.25, 0.3) is 0 Å². The molecule has 1 N–H and O–H groups in total. The van der Waals surface area contributed by atoms with E-state index in [0.717, 1.165) is 11.3 Å². The number of carbonyl (C=O) groups excluding carboxylic acids is 1. The fourth-order valence-corrected chi connectivity index (χ4v) is 2.36. The number of guanidine groups is 1. The summed E-state index contributed by atoms with van der Waals surface area (Å²) in [5.41, 5.74) is 1.84. The Bertz CT molecular complexity index is 542. The van der Waals surface area contributed by atoms with Crippen LogP contribution in [0.1, 0.15) is 5.56 Å². The molecule has 0 unspecified atom stereocenters. The van der Waals surface area contributed by atoms with Crippen molar-refractivity contribution in [3.8, 4) is 5.75 Å². The van der Waals surface area contributed by atoms with E-state index in [4.69, 9.17) is 16.3 Å². The molecule has 3 rings (SSSR count). The first-order valence-electron chi connectivity index (χ1n) is 5.18. The molecule has 0 radical (unpaired) electrons. The van der Waals surface area contributed by atoms with Crippen LogP contribution in [0, 0.1) is 0 Å². The van der Waals surface area contributed by atoms with E-state index in [-0.39, 0.29) is 5.91 Å². The van der Waals surface area contributed by atoms with Crippen LogP contribution in [-0.2, 0) is 11.3 Å². The summed E-state index contributed by atoms with van der Waals surface area (Å²) in [7, 11) is 1.58. The van der Waals surface area contributed by atoms with Gasteiger partial charge in [0.15, 0.2) is 0 Å². The number of hydrogen-bond acceptors (Lipinski definition) is 4. The number of halogens is 1. The third kappa shape index (κ3) is 1.54. The number of carbonyl (C=O) groups is 1. The van der Waals surface area contributed by atoms with Crippen molar-refractivity contribution in [2.75, 3.05) is 19.0 Å². The smallest absolute Gasteiger partial charge is 0.268 e. The number of ether oxygens (including phenoxy) is 1. The number of anilines is 1. The Hall–Kier alpha value is -1.75. The quantitative estimate of drug-likeness (QED) is 0.821. The Kier molecular flexibility index (Phi) is 2.22. The van der Waals surface area contributed by atoms with Crippen molar-refractivity contribution in [2.45, 2.75) is 6.54 Å². The standard InChI is InChI=1S/C11H10ClN3O2/c1-17-10-6-4-15-5-9(16)14-11(15)13-8(6)3-2-7(10)12/h2-3H,4-5H2,1H3,(H,13,14,16). The molecule has 88 valence electrons. The van der Waals surface area contributed by atoms with Gasteiger partial charge in [0.05, 0.1) is 18.7 Å². The molecular formula is C11H10ClN3O2. The van der Waals surface area contributed by atoms with E-state index in [1.54, 1.807) is 13.2 Å². The maximum Gasteiger partial charge on any atom is 0.268 e. The predicted molar refractivity (Wildman–Crippen MR) is 64.5 cm³/mol. The van der Waals surface area contributed by atoms with Crippen molar-refractivity contribution in [3.05, 3.63) is 22.7 Å². The van der Waals surface area contributed by atoms with E-state index >= 15 is 0 Å². The Labute approximate surface area is 103 Å². The lowest BCUT2D eigenvalue weighted by Crippen LogP contribution is -2.37. The maximum absolute atomic E-state index is 11.3. The Morgan fingerprint density at radius 1 is 1.47 bits per heavy atom. The molecule has 1 aromatic rings. The summed E-state index contributed by atoms with van der Waals surface area (Å²) in [5, 5.41) is 3.68. The van der Waals surface area contributed by atoms with Gasteiger partial charge in [-0.15, -0.1) is 0 Å². The molecule has 0 aliphatic carbocycles. The average Bonchev–Trinajstić information content (AvgIpc) is 2.65. The molecule has 2 aliphatic rings. The second-order valence-electron chi connectivity index (χ2n) is 3.92. The second kappa shape index (κ2) is 3.63. The number of fused-ring (bicyclic) bond motifs is 2. The number of methoxy groups -OCH3 is 1. The lowest BCUT2D eigenvalue weighted by molar-refractivity contribution is -0.117. The molecule has 5 nitrogen and oxygen atoms in total. The molecule has 1 aromatic carbocycles. The number of nitrogens with one attached hydrogen (secondary N) is 1. The van der Waals surface area contributed by atoms with E-state index in [9.17, 15) is 4.79 Å². The number of aliphatic imine (C=N–C) groups is 1. The Morgan fingerprint density at radius 2 is 2.29 bits per heavy atom. The average molecular weight is 252 g/mol. The summed E-state index contributed by atoms with van der Waals surface area (Å²) in [4.78, 5) is 17.0. The van der Waals surface area contributed by atoms with E-state index < -0.39 is 0 Å². The molecule has 1 amide bonds. The van der Waals surface area contributed by atoms with E-state index in [2.05, 4.69) is 10.3 Å². The molecule has 17 heavy (non-hydrogen) atoms. The minimum atomic E-state index is -0.134. The molecule has 2 heterocycles. The van der Waals surface area contributed by atoms with Gasteiger partial charge >= 0.3 is 0 Å². The molecule has 0 spiro atoms. The van der Waals surface area contributed by atoms with Gasteiger partial charge in [-0.25, -0.2) is 0 Å². The van der Waals surface area contributed by atoms with E-state index in [1.165, 1.54) is 0 Å². The summed E-state index contributed by atoms with van der Waals surface area (Å²) in [6.45, 7) is 0.883. The largest absolute Gasteiger partial charge is 0.495 e. The van der Waals surface area contributed by atoms with E-state index in [0.29, 0.717) is 29.8 Å². The van der Waals surface area contributed by atoms with Crippen molar-refractivity contribution in [3.63, 3.8) is 0 Å². The summed E-state index contributed by atoms with van der Waals surface area (Å²) < 4.78 is 5.30. The lowest BCUT2D eigenvalue weighted by Gasteiger charge is -2.29. The van der Waals surface area contributed by atoms with Crippen LogP contribution < -0.4 is 10.1 Å². The van der Waals surface area contributed by atoms with Gasteiger partial charge in [0.1, 0.15) is 12.3 Å². The summed E-state index contributed by atoms with van der Waals surface area (Å²) in [5.74, 6) is 1.12. The number of amides is 1. The number of benzene rings is 1. The van der Waals surface area contributed by atoms with Crippen LogP contribution >= 0.6 is 11.6 Å². The molecule has 0 atom stereocenters. The molecule has 0 fully saturated rings. The molecule has 0 saturated carbocycles. The molecule has 2 aliphatic heterocycles. The first-order chi connectivity index (χ1) is 8.19. The first-order valence-corrected chi connectivity index (χ1v) is 5.55. The van der Waals surface area contributed by atoms with Crippen LogP contribution in [0.3, 0.4) is 0 Å². The summed E-state index contributed by atoms with van der Waals surface area (Å²) >= 11 is 6.06. The van der Waals surface area contributed by atoms with Gasteiger partial charge in [0, 0.05) is 11.3 Å². The first kappa shape index (κ1) is 10.4. The minimum absolute atomic E-state index is 0.134. The highest BCUT2D eigenvalue weighted by Gasteiger charge is 2.30. The summed E-state index contributed by atoms with van der Waals surface area (Å²) in [6.07, 6.45) is 0. The van der Waals surface area contributed by atoms with Gasteiger partial charge in [-0.3, -0.25) is 4.79 Å². The molecule has 0 aromatic heterocycles. The second-order valence-corrected chi connectivity index (χ2v) is 4.32. The fraction of sp³-hybridized carbons (Fsp3) is 0.273. The Morgan fingerprint density at radius 3 is 3.06 bits per heavy atom. The third-order valence-electron chi connectivity index (χ3n) is 2.87. The zero-order chi connectivity index (χ0) is 12.0. The van der Waals surface area contributed by atoms with Gasteiger partial charge in [-0.05, 0) is 12.1 Å². The highest BCUT2D eigenvalue weighted by Crippen LogP contribution is 2.37. The third-order valence-corrected chi connectivity index (χ3v) is 3.17. The van der Waals surface area contributed by atoms with Gasteiger partial charge in [-0.1, -0.05) is 11.6 Å². The van der Waals surface area contributed by atoms with Crippen molar-refractivity contribution in [1.82, 2.24) is 4.90 Å². The molecule has 0 bridgehead atoms. The van der Waals surface area contributed by atoms with Crippen LogP contribution in [0.2, 0.25) is 5.02 Å². The van der Waals surface area contributed by atoms with E-state index in [1.807, 2.05) is 11.0 Å². The molecular weight excluding hydrogens is 242 g/mol. The highest BCUT2D eigenvalue weighted by atomic mass is 35.5. The maximum atomic E-state index is 11.3. The number of hydrogen-bond donors (Lipinski definition) is 1. The van der Waals surface area contributed by atoms with Crippen LogP contribution in [0.15, 0.2) is 17.1 Å². The zero-order valence-corrected chi connectivity index (χ0v) is 9.91. The number of rotatable bonds is 1. The lowest BCUT2D eigenvalue weighted by atomic mass is 10.1. The number of nitrogens with zero attached hydrogens (tertiary/aromatic N) is 2.